The van der Waals surface area contributed by atoms with Crippen LogP contribution >= 0.6 is 0 Å². The zero-order valence-corrected chi connectivity index (χ0v) is 20.4. The summed E-state index contributed by atoms with van der Waals surface area (Å²) < 4.78 is 49.0. The van der Waals surface area contributed by atoms with Gasteiger partial charge in [-0.1, -0.05) is 12.1 Å². The summed E-state index contributed by atoms with van der Waals surface area (Å²) in [5, 5.41) is 3.48. The molecule has 0 radical (unpaired) electrons. The number of furan rings is 1. The number of alkyl halides is 3. The van der Waals surface area contributed by atoms with Crippen LogP contribution in [0.25, 0.3) is 11.0 Å². The molecule has 38 heavy (non-hydrogen) atoms. The molecule has 5 rings (SSSR count). The van der Waals surface area contributed by atoms with Crippen LogP contribution in [0.2, 0.25) is 0 Å². The molecular formula is C28H24F3N3O4. The van der Waals surface area contributed by atoms with Crippen LogP contribution in [0, 0.1) is 0 Å². The molecule has 0 saturated carbocycles. The lowest BCUT2D eigenvalue weighted by atomic mass is 9.89. The van der Waals surface area contributed by atoms with Gasteiger partial charge in [0.1, 0.15) is 17.0 Å². The molecule has 4 aromatic rings. The maximum Gasteiger partial charge on any atom is 0.433 e. The third-order valence-electron chi connectivity index (χ3n) is 6.67. The number of aromatic nitrogens is 1. The van der Waals surface area contributed by atoms with Crippen molar-refractivity contribution in [2.45, 2.75) is 24.9 Å². The standard InChI is InChI=1S/C28H24F3N3O4/c1-37-22-7-8-23-20(14-22)15-24(38-23)27(36)34-12-10-18(11-13-34)17-2-5-21(6-3-17)33-26(35)19-4-9-25(32-16-19)28(29,30)31/h2-9,14-16,18H,10-13H2,1H3,(H,33,35). The van der Waals surface area contributed by atoms with Crippen molar-refractivity contribution in [2.75, 3.05) is 25.5 Å². The number of amides is 2. The molecule has 7 nitrogen and oxygen atoms in total. The lowest BCUT2D eigenvalue weighted by Gasteiger charge is -2.31. The van der Waals surface area contributed by atoms with E-state index >= 15 is 0 Å². The first-order valence-corrected chi connectivity index (χ1v) is 12.0. The van der Waals surface area contributed by atoms with Gasteiger partial charge in [0.15, 0.2) is 5.76 Å². The highest BCUT2D eigenvalue weighted by molar-refractivity contribution is 6.04. The fraction of sp³-hybridized carbons (Fsp3) is 0.250. The number of hydrogen-bond acceptors (Lipinski definition) is 5. The number of nitrogens with zero attached hydrogens (tertiary/aromatic N) is 2. The summed E-state index contributed by atoms with van der Waals surface area (Å²) in [5.41, 5.74) is 1.22. The van der Waals surface area contributed by atoms with E-state index in [0.29, 0.717) is 35.9 Å². The topological polar surface area (TPSA) is 84.7 Å². The number of halogens is 3. The summed E-state index contributed by atoms with van der Waals surface area (Å²) in [6, 6.07) is 16.3. The molecule has 0 spiro atoms. The summed E-state index contributed by atoms with van der Waals surface area (Å²) in [4.78, 5) is 30.5. The molecule has 1 aliphatic rings. The summed E-state index contributed by atoms with van der Waals surface area (Å²) in [7, 11) is 1.59. The lowest BCUT2D eigenvalue weighted by molar-refractivity contribution is -0.141. The number of benzene rings is 2. The number of nitrogens with one attached hydrogen (secondary N) is 1. The molecule has 2 amide bonds. The first kappa shape index (κ1) is 25.3. The van der Waals surface area contributed by atoms with E-state index in [1.807, 2.05) is 18.2 Å². The summed E-state index contributed by atoms with van der Waals surface area (Å²) in [6.45, 7) is 1.17. The molecule has 10 heteroatoms. The average molecular weight is 524 g/mol. The molecule has 2 aromatic heterocycles. The predicted octanol–water partition coefficient (Wildman–Crippen LogP) is 6.13. The van der Waals surface area contributed by atoms with Crippen molar-refractivity contribution in [2.24, 2.45) is 0 Å². The number of carbonyl (C=O) groups is 2. The molecule has 0 bridgehead atoms. The Morgan fingerprint density at radius 3 is 2.39 bits per heavy atom. The van der Waals surface area contributed by atoms with Crippen LogP contribution in [0.1, 0.15) is 50.9 Å². The normalized spacial score (nSPS) is 14.5. The zero-order chi connectivity index (χ0) is 26.9. The van der Waals surface area contributed by atoms with Gasteiger partial charge in [0.25, 0.3) is 11.8 Å². The van der Waals surface area contributed by atoms with E-state index in [1.165, 1.54) is 0 Å². The molecular weight excluding hydrogens is 499 g/mol. The Morgan fingerprint density at radius 2 is 1.76 bits per heavy atom. The first-order chi connectivity index (χ1) is 18.2. The van der Waals surface area contributed by atoms with Crippen LogP contribution in [-0.4, -0.2) is 41.9 Å². The van der Waals surface area contributed by atoms with Crippen molar-refractivity contribution < 1.29 is 31.9 Å². The quantitative estimate of drug-likeness (QED) is 0.340. The number of ether oxygens (including phenoxy) is 1. The van der Waals surface area contributed by atoms with Crippen LogP contribution in [0.4, 0.5) is 18.9 Å². The predicted molar refractivity (Wildman–Crippen MR) is 134 cm³/mol. The molecule has 196 valence electrons. The maximum absolute atomic E-state index is 13.0. The molecule has 1 aliphatic heterocycles. The van der Waals surface area contributed by atoms with E-state index in [1.54, 1.807) is 42.3 Å². The molecule has 0 aliphatic carbocycles. The smallest absolute Gasteiger partial charge is 0.433 e. The van der Waals surface area contributed by atoms with Gasteiger partial charge in [0, 0.05) is 30.4 Å². The SMILES string of the molecule is COc1ccc2oc(C(=O)N3CCC(c4ccc(NC(=O)c5ccc(C(F)(F)F)nc5)cc4)CC3)cc2c1. The van der Waals surface area contributed by atoms with Gasteiger partial charge in [0.05, 0.1) is 12.7 Å². The largest absolute Gasteiger partial charge is 0.497 e. The second-order valence-corrected chi connectivity index (χ2v) is 9.09. The van der Waals surface area contributed by atoms with Gasteiger partial charge in [-0.3, -0.25) is 14.6 Å². The van der Waals surface area contributed by atoms with Gasteiger partial charge >= 0.3 is 6.18 Å². The van der Waals surface area contributed by atoms with Crippen molar-refractivity contribution in [1.29, 1.82) is 0 Å². The summed E-state index contributed by atoms with van der Waals surface area (Å²) in [6.07, 6.45) is -2.09. The second-order valence-electron chi connectivity index (χ2n) is 9.09. The van der Waals surface area contributed by atoms with Crippen molar-refractivity contribution in [1.82, 2.24) is 9.88 Å². The number of fused-ring (bicyclic) bond motifs is 1. The number of methoxy groups -OCH3 is 1. The van der Waals surface area contributed by atoms with E-state index in [0.717, 1.165) is 42.1 Å². The second kappa shape index (κ2) is 10.2. The summed E-state index contributed by atoms with van der Waals surface area (Å²) in [5.74, 6) is 0.558. The fourth-order valence-electron chi connectivity index (χ4n) is 4.56. The number of anilines is 1. The van der Waals surface area contributed by atoms with Crippen LogP contribution in [0.5, 0.6) is 5.75 Å². The Kier molecular flexibility index (Phi) is 6.79. The minimum absolute atomic E-state index is 0.0303. The Hall–Kier alpha value is -4.34. The van der Waals surface area contributed by atoms with Gasteiger partial charge in [0.2, 0.25) is 0 Å². The van der Waals surface area contributed by atoms with E-state index in [9.17, 15) is 22.8 Å². The van der Waals surface area contributed by atoms with Gasteiger partial charge in [-0.05, 0) is 72.9 Å². The third-order valence-corrected chi connectivity index (χ3v) is 6.67. The number of rotatable bonds is 5. The monoisotopic (exact) mass is 523 g/mol. The average Bonchev–Trinajstić information content (AvgIpc) is 3.36. The van der Waals surface area contributed by atoms with E-state index in [4.69, 9.17) is 9.15 Å². The van der Waals surface area contributed by atoms with Crippen molar-refractivity contribution in [3.05, 3.63) is 89.4 Å². The van der Waals surface area contributed by atoms with E-state index in [2.05, 4.69) is 10.3 Å². The van der Waals surface area contributed by atoms with Gasteiger partial charge in [-0.2, -0.15) is 13.2 Å². The van der Waals surface area contributed by atoms with Crippen LogP contribution in [-0.2, 0) is 6.18 Å². The molecule has 1 N–H and O–H groups in total. The Bertz CT molecular complexity index is 1460. The van der Waals surface area contributed by atoms with E-state index in [-0.39, 0.29) is 17.4 Å². The molecule has 3 heterocycles. The Labute approximate surface area is 216 Å². The number of piperidine rings is 1. The van der Waals surface area contributed by atoms with Gasteiger partial charge in [-0.15, -0.1) is 0 Å². The highest BCUT2D eigenvalue weighted by atomic mass is 19.4. The molecule has 2 aromatic carbocycles. The highest BCUT2D eigenvalue weighted by Crippen LogP contribution is 2.31. The number of carbonyl (C=O) groups excluding carboxylic acids is 2. The number of likely N-dealkylation sites (tertiary alicyclic amines) is 1. The van der Waals surface area contributed by atoms with Crippen molar-refractivity contribution in [3.8, 4) is 5.75 Å². The van der Waals surface area contributed by atoms with E-state index < -0.39 is 17.8 Å². The summed E-state index contributed by atoms with van der Waals surface area (Å²) >= 11 is 0. The van der Waals surface area contributed by atoms with Crippen LogP contribution in [0.3, 0.4) is 0 Å². The molecule has 0 atom stereocenters. The lowest BCUT2D eigenvalue weighted by Crippen LogP contribution is -2.37. The third kappa shape index (κ3) is 5.34. The fourth-order valence-corrected chi connectivity index (χ4v) is 4.56. The zero-order valence-electron chi connectivity index (χ0n) is 20.4. The first-order valence-electron chi connectivity index (χ1n) is 12.0. The Morgan fingerprint density at radius 1 is 1.03 bits per heavy atom. The van der Waals surface area contributed by atoms with Crippen LogP contribution < -0.4 is 10.1 Å². The minimum atomic E-state index is -4.56. The van der Waals surface area contributed by atoms with Gasteiger partial charge in [-0.25, -0.2) is 0 Å². The molecule has 1 fully saturated rings. The molecule has 0 unspecified atom stereocenters. The highest BCUT2D eigenvalue weighted by Gasteiger charge is 2.32. The van der Waals surface area contributed by atoms with Crippen LogP contribution in [0.15, 0.2) is 71.3 Å². The number of pyridine rings is 1. The van der Waals surface area contributed by atoms with Gasteiger partial charge < -0.3 is 19.4 Å². The number of hydrogen-bond donors (Lipinski definition) is 1. The maximum atomic E-state index is 13.0. The van der Waals surface area contributed by atoms with Crippen molar-refractivity contribution >= 4 is 28.5 Å². The van der Waals surface area contributed by atoms with Crippen molar-refractivity contribution in [3.63, 3.8) is 0 Å². The Balaban J connectivity index is 1.16. The molecule has 1 saturated heterocycles. The minimum Gasteiger partial charge on any atom is -0.497 e.